The number of rotatable bonds is 8. The van der Waals surface area contributed by atoms with Gasteiger partial charge in [-0.15, -0.1) is 0 Å². The molecule has 0 radical (unpaired) electrons. The van der Waals surface area contributed by atoms with E-state index in [0.717, 1.165) is 23.4 Å². The second-order valence-corrected chi connectivity index (χ2v) is 8.06. The van der Waals surface area contributed by atoms with Gasteiger partial charge in [0.2, 0.25) is 5.91 Å². The molecule has 0 saturated carbocycles. The van der Waals surface area contributed by atoms with Crippen LogP contribution in [0.1, 0.15) is 69.7 Å². The molecule has 4 rings (SSSR count). The van der Waals surface area contributed by atoms with Crippen LogP contribution < -0.4 is 14.5 Å². The number of hydrogen-bond donors (Lipinski definition) is 0. The van der Waals surface area contributed by atoms with Gasteiger partial charge in [0.1, 0.15) is 18.0 Å². The Morgan fingerprint density at radius 2 is 1.63 bits per heavy atom. The molecule has 0 N–H and O–H groups in total. The van der Waals surface area contributed by atoms with Gasteiger partial charge in [-0.2, -0.15) is 10.0 Å². The Hall–Kier alpha value is -4.01. The fourth-order valence-corrected chi connectivity index (χ4v) is 4.28. The first-order chi connectivity index (χ1) is 18.5. The molecule has 1 aliphatic heterocycles. The van der Waals surface area contributed by atoms with Crippen LogP contribution >= 0.6 is 0 Å². The maximum Gasteiger partial charge on any atom is 0.277 e. The molecular weight excluding hydrogens is 482 g/mol. The summed E-state index contributed by atoms with van der Waals surface area (Å²) in [4.78, 5) is 40.1. The van der Waals surface area contributed by atoms with E-state index in [4.69, 9.17) is 4.74 Å². The zero-order valence-corrected chi connectivity index (χ0v) is 23.5. The SMILES string of the molecule is CC.CC.CCCN(C(C)=O)c1ccc(N2CCc3c(CN=O)nn(-c4ccc(OC)cc4)c3C2=O)cc1. The van der Waals surface area contributed by atoms with E-state index in [1.807, 2.05) is 71.0 Å². The van der Waals surface area contributed by atoms with Crippen molar-refractivity contribution in [3.05, 3.63) is 70.4 Å². The van der Waals surface area contributed by atoms with Gasteiger partial charge in [-0.1, -0.05) is 39.8 Å². The van der Waals surface area contributed by atoms with Crippen LogP contribution in [0.2, 0.25) is 0 Å². The minimum absolute atomic E-state index is 0.0204. The lowest BCUT2D eigenvalue weighted by Gasteiger charge is -2.28. The molecule has 2 amide bonds. The number of ether oxygens (including phenoxy) is 1. The Morgan fingerprint density at radius 1 is 1.03 bits per heavy atom. The summed E-state index contributed by atoms with van der Waals surface area (Å²) in [7, 11) is 1.59. The maximum atomic E-state index is 13.6. The minimum atomic E-state index is -0.202. The lowest BCUT2D eigenvalue weighted by Crippen LogP contribution is -2.39. The van der Waals surface area contributed by atoms with Crippen LogP contribution in [0.25, 0.3) is 5.69 Å². The molecule has 0 unspecified atom stereocenters. The van der Waals surface area contributed by atoms with Crippen LogP contribution in [0, 0.1) is 4.91 Å². The summed E-state index contributed by atoms with van der Waals surface area (Å²) in [5.74, 6) is 0.467. The smallest absolute Gasteiger partial charge is 0.277 e. The number of fused-ring (bicyclic) bond motifs is 1. The largest absolute Gasteiger partial charge is 0.497 e. The van der Waals surface area contributed by atoms with E-state index in [0.29, 0.717) is 42.3 Å². The predicted octanol–water partition coefficient (Wildman–Crippen LogP) is 6.17. The highest BCUT2D eigenvalue weighted by atomic mass is 16.5. The number of aromatic nitrogens is 2. The van der Waals surface area contributed by atoms with Crippen LogP contribution in [-0.4, -0.2) is 41.8 Å². The summed E-state index contributed by atoms with van der Waals surface area (Å²) >= 11 is 0. The third kappa shape index (κ3) is 6.45. The van der Waals surface area contributed by atoms with Crippen LogP contribution in [0.5, 0.6) is 5.75 Å². The zero-order chi connectivity index (χ0) is 28.2. The van der Waals surface area contributed by atoms with Crippen LogP contribution in [-0.2, 0) is 17.8 Å². The molecule has 1 aliphatic rings. The highest BCUT2D eigenvalue weighted by Crippen LogP contribution is 2.30. The summed E-state index contributed by atoms with van der Waals surface area (Å²) in [6.45, 7) is 12.6. The molecule has 0 saturated heterocycles. The minimum Gasteiger partial charge on any atom is -0.497 e. The maximum absolute atomic E-state index is 13.6. The Bertz CT molecular complexity index is 1200. The number of methoxy groups -OCH3 is 1. The van der Waals surface area contributed by atoms with E-state index >= 15 is 0 Å². The number of nitrogens with zero attached hydrogens (tertiary/aromatic N) is 5. The van der Waals surface area contributed by atoms with Gasteiger partial charge in [0.25, 0.3) is 5.91 Å². The summed E-state index contributed by atoms with van der Waals surface area (Å²) < 4.78 is 6.81. The van der Waals surface area contributed by atoms with Gasteiger partial charge in [-0.25, -0.2) is 4.68 Å². The van der Waals surface area contributed by atoms with Crippen LogP contribution in [0.15, 0.2) is 53.7 Å². The highest BCUT2D eigenvalue weighted by Gasteiger charge is 2.33. The molecular formula is C29H39N5O4. The molecule has 0 spiro atoms. The van der Waals surface area contributed by atoms with Gasteiger partial charge in [0, 0.05) is 37.0 Å². The van der Waals surface area contributed by atoms with E-state index in [2.05, 4.69) is 10.3 Å². The van der Waals surface area contributed by atoms with Crippen molar-refractivity contribution in [2.45, 2.75) is 60.9 Å². The molecule has 1 aromatic heterocycles. The molecule has 9 heteroatoms. The molecule has 0 aliphatic carbocycles. The Labute approximate surface area is 225 Å². The van der Waals surface area contributed by atoms with Crippen molar-refractivity contribution in [1.29, 1.82) is 0 Å². The topological polar surface area (TPSA) is 97.1 Å². The normalized spacial score (nSPS) is 11.9. The monoisotopic (exact) mass is 521 g/mol. The third-order valence-electron chi connectivity index (χ3n) is 5.93. The molecule has 204 valence electrons. The molecule has 2 heterocycles. The summed E-state index contributed by atoms with van der Waals surface area (Å²) in [5, 5.41) is 7.56. The van der Waals surface area contributed by atoms with Crippen molar-refractivity contribution >= 4 is 23.2 Å². The van der Waals surface area contributed by atoms with Gasteiger partial charge in [-0.3, -0.25) is 9.59 Å². The van der Waals surface area contributed by atoms with Gasteiger partial charge in [-0.05, 0) is 61.4 Å². The van der Waals surface area contributed by atoms with E-state index in [1.165, 1.54) is 0 Å². The first kappa shape index (κ1) is 30.2. The highest BCUT2D eigenvalue weighted by molar-refractivity contribution is 6.07. The summed E-state index contributed by atoms with van der Waals surface area (Å²) in [6, 6.07) is 14.6. The molecule has 0 bridgehead atoms. The molecule has 0 atom stereocenters. The average molecular weight is 522 g/mol. The number of carbonyl (C=O) groups is 2. The van der Waals surface area contributed by atoms with E-state index in [9.17, 15) is 14.5 Å². The summed E-state index contributed by atoms with van der Waals surface area (Å²) in [6.07, 6.45) is 1.40. The number of benzene rings is 2. The number of hydrogen-bond acceptors (Lipinski definition) is 6. The Morgan fingerprint density at radius 3 is 2.16 bits per heavy atom. The number of anilines is 2. The molecule has 38 heavy (non-hydrogen) atoms. The Kier molecular flexibility index (Phi) is 11.7. The second-order valence-electron chi connectivity index (χ2n) is 8.06. The van der Waals surface area contributed by atoms with Crippen molar-refractivity contribution < 1.29 is 14.3 Å². The van der Waals surface area contributed by atoms with Crippen molar-refractivity contribution in [3.63, 3.8) is 0 Å². The average Bonchev–Trinajstić information content (AvgIpc) is 3.33. The van der Waals surface area contributed by atoms with Gasteiger partial charge in [0.05, 0.1) is 18.5 Å². The van der Waals surface area contributed by atoms with Crippen LogP contribution in [0.3, 0.4) is 0 Å². The first-order valence-corrected chi connectivity index (χ1v) is 13.2. The van der Waals surface area contributed by atoms with Gasteiger partial charge < -0.3 is 14.5 Å². The summed E-state index contributed by atoms with van der Waals surface area (Å²) in [5.41, 5.74) is 3.91. The lowest BCUT2D eigenvalue weighted by atomic mass is 10.0. The van der Waals surface area contributed by atoms with Gasteiger partial charge in [0.15, 0.2) is 0 Å². The van der Waals surface area contributed by atoms with Crippen molar-refractivity contribution in [3.8, 4) is 11.4 Å². The molecule has 2 aromatic carbocycles. The molecule has 0 fully saturated rings. The molecule has 3 aromatic rings. The van der Waals surface area contributed by atoms with Gasteiger partial charge >= 0.3 is 0 Å². The standard InChI is InChI=1S/C25H27N5O4.2C2H6/c1-4-14-28(17(2)31)18-5-7-19(8-6-18)29-15-13-22-23(16-26-33)27-30(24(22)25(29)32)20-9-11-21(34-3)12-10-20;2*1-2/h5-12H,4,13-16H2,1-3H3;2*1-2H3. The predicted molar refractivity (Wildman–Crippen MR) is 152 cm³/mol. The number of amides is 2. The van der Waals surface area contributed by atoms with Crippen molar-refractivity contribution in [2.75, 3.05) is 30.0 Å². The quantitative estimate of drug-likeness (QED) is 0.331. The van der Waals surface area contributed by atoms with E-state index in [-0.39, 0.29) is 18.4 Å². The van der Waals surface area contributed by atoms with E-state index < -0.39 is 0 Å². The second kappa shape index (κ2) is 14.7. The number of nitroso groups, excluding NO2 is 1. The van der Waals surface area contributed by atoms with E-state index in [1.54, 1.807) is 40.6 Å². The first-order valence-electron chi connectivity index (χ1n) is 13.2. The fraction of sp³-hybridized carbons (Fsp3) is 0.414. The molecule has 9 nitrogen and oxygen atoms in total. The number of carbonyl (C=O) groups excluding carboxylic acids is 2. The van der Waals surface area contributed by atoms with Crippen molar-refractivity contribution in [1.82, 2.24) is 9.78 Å². The lowest BCUT2D eigenvalue weighted by molar-refractivity contribution is -0.116. The third-order valence-corrected chi connectivity index (χ3v) is 5.93. The Balaban J connectivity index is 0.00000121. The fourth-order valence-electron chi connectivity index (χ4n) is 4.28. The van der Waals surface area contributed by atoms with Crippen LogP contribution in [0.4, 0.5) is 11.4 Å². The zero-order valence-electron chi connectivity index (χ0n) is 23.5. The van der Waals surface area contributed by atoms with Crippen molar-refractivity contribution in [2.24, 2.45) is 5.18 Å².